The van der Waals surface area contributed by atoms with E-state index in [1.54, 1.807) is 31.2 Å². The molecule has 2 heterocycles. The Morgan fingerprint density at radius 1 is 1.00 bits per heavy atom. The van der Waals surface area contributed by atoms with E-state index in [9.17, 15) is 29.1 Å². The molecule has 7 rings (SSSR count). The number of aliphatic hydroxyl groups is 1. The van der Waals surface area contributed by atoms with Gasteiger partial charge in [-0.25, -0.2) is 14.4 Å². The van der Waals surface area contributed by atoms with Gasteiger partial charge in [-0.05, 0) is 80.4 Å². The van der Waals surface area contributed by atoms with Gasteiger partial charge in [0.2, 0.25) is 5.60 Å². The lowest BCUT2D eigenvalue weighted by Gasteiger charge is -2.73. The van der Waals surface area contributed by atoms with E-state index in [4.69, 9.17) is 40.0 Å². The Morgan fingerprint density at radius 2 is 1.65 bits per heavy atom. The van der Waals surface area contributed by atoms with Gasteiger partial charge in [0.15, 0.2) is 6.10 Å². The van der Waals surface area contributed by atoms with E-state index in [0.29, 0.717) is 31.3 Å². The predicted molar refractivity (Wildman–Crippen MR) is 192 cm³/mol. The number of allylic oxidation sites excluding steroid dienone is 1. The molecule has 0 radical (unpaired) electrons. The highest BCUT2D eigenvalue weighted by Gasteiger charge is 2.90. The lowest BCUT2D eigenvalue weighted by molar-refractivity contribution is -0.336. The molecule has 1 aromatic carbocycles. The van der Waals surface area contributed by atoms with Gasteiger partial charge in [0.05, 0.1) is 28.7 Å². The monoisotopic (exact) mass is 768 g/mol. The molecule has 6 aliphatic rings. The number of benzene rings is 1. The molecule has 4 aliphatic carbocycles. The van der Waals surface area contributed by atoms with Crippen LogP contribution in [0.25, 0.3) is 0 Å². The van der Waals surface area contributed by atoms with Gasteiger partial charge in [0.25, 0.3) is 0 Å². The van der Waals surface area contributed by atoms with Crippen molar-refractivity contribution in [1.82, 2.24) is 0 Å². The van der Waals surface area contributed by atoms with Crippen LogP contribution in [0.15, 0.2) is 48.6 Å². The summed E-state index contributed by atoms with van der Waals surface area (Å²) < 4.78 is 36.0. The highest BCUT2D eigenvalue weighted by atomic mass is 35.5. The van der Waals surface area contributed by atoms with Crippen LogP contribution in [0.3, 0.4) is 0 Å². The number of methoxy groups -OCH3 is 1. The van der Waals surface area contributed by atoms with Gasteiger partial charge in [-0.15, -0.1) is 0 Å². The Labute approximate surface area is 319 Å². The highest BCUT2D eigenvalue weighted by Crippen LogP contribution is 2.78. The zero-order valence-corrected chi connectivity index (χ0v) is 32.5. The first-order valence-corrected chi connectivity index (χ1v) is 19.0. The lowest BCUT2D eigenvalue weighted by Crippen LogP contribution is -2.82. The molecule has 0 aromatic heterocycles. The maximum Gasteiger partial charge on any atom is 0.342 e. The molecule has 2 aliphatic heterocycles. The molecule has 0 amide bonds. The minimum absolute atomic E-state index is 0.0193. The number of ether oxygens (including phenoxy) is 6. The van der Waals surface area contributed by atoms with Crippen LogP contribution >= 0.6 is 11.6 Å². The van der Waals surface area contributed by atoms with E-state index in [-0.39, 0.29) is 29.5 Å². The number of hydrogen-bond acceptors (Lipinski definition) is 12. The number of cyclic esters (lactones) is 1. The Morgan fingerprint density at radius 3 is 2.30 bits per heavy atom. The van der Waals surface area contributed by atoms with Gasteiger partial charge in [0.1, 0.15) is 24.9 Å². The van der Waals surface area contributed by atoms with E-state index < -0.39 is 99.0 Å². The minimum atomic E-state index is -1.75. The number of halogens is 1. The second-order valence-electron chi connectivity index (χ2n) is 17.0. The molecular weight excluding hydrogens is 720 g/mol. The first kappa shape index (κ1) is 38.5. The number of carbonyl (C=O) groups excluding carboxylic acids is 5. The maximum absolute atomic E-state index is 13.8. The molecule has 12 nitrogen and oxygen atoms in total. The van der Waals surface area contributed by atoms with Gasteiger partial charge in [-0.3, -0.25) is 9.59 Å². The highest BCUT2D eigenvalue weighted by molar-refractivity contribution is 6.33. The van der Waals surface area contributed by atoms with Crippen LogP contribution in [0.5, 0.6) is 0 Å². The third-order valence-electron chi connectivity index (χ3n) is 14.9. The molecule has 292 valence electrons. The van der Waals surface area contributed by atoms with Gasteiger partial charge < -0.3 is 33.5 Å². The number of rotatable bonds is 6. The van der Waals surface area contributed by atoms with Crippen molar-refractivity contribution in [2.75, 3.05) is 13.7 Å². The fourth-order valence-corrected chi connectivity index (χ4v) is 12.7. The van der Waals surface area contributed by atoms with Crippen molar-refractivity contribution in [3.63, 3.8) is 0 Å². The molecule has 54 heavy (non-hydrogen) atoms. The van der Waals surface area contributed by atoms with Gasteiger partial charge in [-0.2, -0.15) is 0 Å². The van der Waals surface area contributed by atoms with Crippen LogP contribution < -0.4 is 0 Å². The van der Waals surface area contributed by atoms with Crippen molar-refractivity contribution in [3.8, 4) is 0 Å². The summed E-state index contributed by atoms with van der Waals surface area (Å²) in [4.78, 5) is 66.5. The second-order valence-corrected chi connectivity index (χ2v) is 17.4. The lowest BCUT2D eigenvalue weighted by atomic mass is 9.32. The fourth-order valence-electron chi connectivity index (χ4n) is 12.5. The van der Waals surface area contributed by atoms with Gasteiger partial charge in [0, 0.05) is 37.2 Å². The van der Waals surface area contributed by atoms with E-state index in [1.807, 2.05) is 19.9 Å². The summed E-state index contributed by atoms with van der Waals surface area (Å²) in [5, 5.41) is 13.7. The quantitative estimate of drug-likeness (QED) is 0.172. The van der Waals surface area contributed by atoms with Crippen LogP contribution in [0.2, 0.25) is 5.02 Å². The molecule has 13 heteroatoms. The molecule has 1 saturated heterocycles. The van der Waals surface area contributed by atoms with E-state index in [0.717, 1.165) is 0 Å². The molecular formula is C41H49ClO12. The third kappa shape index (κ3) is 4.90. The maximum atomic E-state index is 13.8. The summed E-state index contributed by atoms with van der Waals surface area (Å²) in [5.74, 6) is -4.54. The topological polar surface area (TPSA) is 164 Å². The molecule has 5 fully saturated rings. The van der Waals surface area contributed by atoms with Crippen LogP contribution in [0.4, 0.5) is 0 Å². The molecule has 1 N–H and O–H groups in total. The molecule has 13 atom stereocenters. The number of fused-ring (bicyclic) bond motifs is 9. The van der Waals surface area contributed by atoms with Crippen LogP contribution in [-0.2, 0) is 47.6 Å². The van der Waals surface area contributed by atoms with Crippen molar-refractivity contribution < 1.29 is 57.5 Å². The standard InChI is InChI=1S/C41H49ClO12/c1-21-19-40(48)29-15-17-36(5)27(16-18-39(20-50-30(45)14-13-28(36)39)22(2)51-34(46)25-11-9-10-12-26(25)42)37(29,6)32(52-23(3)43)33(53-24(4)44)38(40,7)41(31(21)54-41)35(47)49-8/h9-14,22,27-29,31-33,48H,1,15-20H2,2-8H3/t22?,27?,28-,29?,31+,32+,33-,36+,37+,38+,39-,40+,41-/m0/s1. The van der Waals surface area contributed by atoms with Crippen molar-refractivity contribution in [2.45, 2.75) is 109 Å². The number of hydrogen-bond donors (Lipinski definition) is 1. The van der Waals surface area contributed by atoms with Crippen molar-refractivity contribution in [1.29, 1.82) is 0 Å². The van der Waals surface area contributed by atoms with Gasteiger partial charge >= 0.3 is 29.8 Å². The second kappa shape index (κ2) is 12.6. The van der Waals surface area contributed by atoms with Gasteiger partial charge in [-0.1, -0.05) is 50.2 Å². The smallest absolute Gasteiger partial charge is 0.342 e. The molecule has 3 unspecified atom stereocenters. The molecule has 1 aromatic rings. The van der Waals surface area contributed by atoms with Crippen LogP contribution in [0.1, 0.15) is 84.0 Å². The zero-order valence-electron chi connectivity index (χ0n) is 31.8. The summed E-state index contributed by atoms with van der Waals surface area (Å²) >= 11 is 6.37. The molecule has 4 saturated carbocycles. The summed E-state index contributed by atoms with van der Waals surface area (Å²) in [6, 6.07) is 6.63. The summed E-state index contributed by atoms with van der Waals surface area (Å²) in [7, 11) is 1.23. The first-order chi connectivity index (χ1) is 25.3. The first-order valence-electron chi connectivity index (χ1n) is 18.6. The van der Waals surface area contributed by atoms with Crippen molar-refractivity contribution in [3.05, 3.63) is 59.2 Å². The van der Waals surface area contributed by atoms with Crippen LogP contribution in [-0.4, -0.2) is 84.3 Å². The van der Waals surface area contributed by atoms with E-state index in [2.05, 4.69) is 13.5 Å². The average molecular weight is 769 g/mol. The number of carbonyl (C=O) groups is 5. The Balaban J connectivity index is 1.38. The van der Waals surface area contributed by atoms with Crippen molar-refractivity contribution >= 4 is 41.4 Å². The fraction of sp³-hybridized carbons (Fsp3) is 0.634. The molecule has 0 bridgehead atoms. The summed E-state index contributed by atoms with van der Waals surface area (Å²) in [6.45, 7) is 14.3. The Kier molecular flexibility index (Phi) is 9.02. The predicted octanol–water partition coefficient (Wildman–Crippen LogP) is 5.32. The Bertz CT molecular complexity index is 1860. The zero-order chi connectivity index (χ0) is 39.4. The Hall–Kier alpha value is -3.74. The van der Waals surface area contributed by atoms with E-state index >= 15 is 0 Å². The number of esters is 5. The van der Waals surface area contributed by atoms with Crippen LogP contribution in [0, 0.1) is 39.4 Å². The van der Waals surface area contributed by atoms with Crippen molar-refractivity contribution in [2.24, 2.45) is 39.4 Å². The van der Waals surface area contributed by atoms with E-state index in [1.165, 1.54) is 27.0 Å². The summed E-state index contributed by atoms with van der Waals surface area (Å²) in [6.07, 6.45) is 1.09. The third-order valence-corrected chi connectivity index (χ3v) is 15.2. The SMILES string of the molecule is C=C1C[C@@]2(O)C3CC[C@]4(C)C(CC[C@@]5(C(C)OC(=O)c6ccccc6Cl)COC(=O)C=C[C@H]54)[C@@]3(C)[C@H](OC(C)=O)[C@H](OC(C)=O)[C@@]2(C)[C@]2(C(=O)OC)O[C@H]12. The minimum Gasteiger partial charge on any atom is -0.467 e. The number of epoxide rings is 1. The molecule has 0 spiro atoms. The average Bonchev–Trinajstić information content (AvgIpc) is 3.90. The normalized spacial score (nSPS) is 43.6. The summed E-state index contributed by atoms with van der Waals surface area (Å²) in [5.41, 5.74) is -7.03. The largest absolute Gasteiger partial charge is 0.467 e.